The number of hydrogen-bond acceptors (Lipinski definition) is 8. The molecule has 0 aliphatic heterocycles. The number of carbonyl (C=O) groups is 2. The van der Waals surface area contributed by atoms with Crippen LogP contribution in [0.25, 0.3) is 0 Å². The lowest BCUT2D eigenvalue weighted by molar-refractivity contribution is 0.0639. The van der Waals surface area contributed by atoms with Gasteiger partial charge in [-0.3, -0.25) is 9.59 Å². The van der Waals surface area contributed by atoms with Crippen LogP contribution in [0.1, 0.15) is 21.0 Å². The first-order valence-corrected chi connectivity index (χ1v) is 7.43. The molecular formula is C14H22N4O6. The summed E-state index contributed by atoms with van der Waals surface area (Å²) >= 11 is 0. The molecular weight excluding hydrogens is 320 g/mol. The Bertz CT molecular complexity index is 483. The molecule has 1 aromatic heterocycles. The summed E-state index contributed by atoms with van der Waals surface area (Å²) in [7, 11) is 0. The van der Waals surface area contributed by atoms with E-state index in [0.29, 0.717) is 0 Å². The van der Waals surface area contributed by atoms with Gasteiger partial charge < -0.3 is 30.2 Å². The summed E-state index contributed by atoms with van der Waals surface area (Å²) in [5.41, 5.74) is -0.435. The van der Waals surface area contributed by atoms with E-state index in [0.717, 1.165) is 9.80 Å². The van der Waals surface area contributed by atoms with Crippen LogP contribution in [0.2, 0.25) is 0 Å². The van der Waals surface area contributed by atoms with Crippen molar-refractivity contribution in [2.75, 3.05) is 52.6 Å². The SMILES string of the molecule is O=C(c1nccnc1C(=O)N(CCO)CCO)N(CCO)CCO. The van der Waals surface area contributed by atoms with Crippen LogP contribution in [0.15, 0.2) is 12.4 Å². The molecule has 0 radical (unpaired) electrons. The highest BCUT2D eigenvalue weighted by molar-refractivity contribution is 6.04. The molecule has 1 aromatic rings. The Balaban J connectivity index is 3.13. The Hall–Kier alpha value is -2.14. The van der Waals surface area contributed by atoms with E-state index >= 15 is 0 Å². The highest BCUT2D eigenvalue weighted by atomic mass is 16.3. The van der Waals surface area contributed by atoms with Gasteiger partial charge in [-0.2, -0.15) is 0 Å². The fraction of sp³-hybridized carbons (Fsp3) is 0.571. The molecule has 0 saturated heterocycles. The van der Waals surface area contributed by atoms with E-state index in [2.05, 4.69) is 9.97 Å². The van der Waals surface area contributed by atoms with Crippen molar-refractivity contribution in [3.8, 4) is 0 Å². The minimum Gasteiger partial charge on any atom is -0.395 e. The average Bonchev–Trinajstić information content (AvgIpc) is 2.60. The van der Waals surface area contributed by atoms with Crippen molar-refractivity contribution in [3.63, 3.8) is 0 Å². The fourth-order valence-corrected chi connectivity index (χ4v) is 2.06. The van der Waals surface area contributed by atoms with Gasteiger partial charge in [0, 0.05) is 38.6 Å². The highest BCUT2D eigenvalue weighted by Crippen LogP contribution is 2.10. The van der Waals surface area contributed by atoms with Gasteiger partial charge in [0.25, 0.3) is 11.8 Å². The van der Waals surface area contributed by atoms with Gasteiger partial charge >= 0.3 is 0 Å². The molecule has 1 rings (SSSR count). The third-order valence-corrected chi connectivity index (χ3v) is 3.16. The zero-order valence-corrected chi connectivity index (χ0v) is 13.2. The van der Waals surface area contributed by atoms with E-state index in [1.165, 1.54) is 12.4 Å². The van der Waals surface area contributed by atoms with E-state index in [9.17, 15) is 9.59 Å². The second kappa shape index (κ2) is 10.6. The summed E-state index contributed by atoms with van der Waals surface area (Å²) in [5, 5.41) is 36.1. The lowest BCUT2D eigenvalue weighted by Crippen LogP contribution is -2.40. The molecule has 0 aliphatic rings. The number of aromatic nitrogens is 2. The molecule has 10 heteroatoms. The maximum Gasteiger partial charge on any atom is 0.275 e. The van der Waals surface area contributed by atoms with Gasteiger partial charge in [0.05, 0.1) is 26.4 Å². The normalized spacial score (nSPS) is 10.5. The molecule has 0 unspecified atom stereocenters. The van der Waals surface area contributed by atoms with Crippen LogP contribution in [0.5, 0.6) is 0 Å². The number of amides is 2. The largest absolute Gasteiger partial charge is 0.395 e. The van der Waals surface area contributed by atoms with Crippen molar-refractivity contribution in [3.05, 3.63) is 23.8 Å². The smallest absolute Gasteiger partial charge is 0.275 e. The van der Waals surface area contributed by atoms with Crippen molar-refractivity contribution in [2.45, 2.75) is 0 Å². The second-order valence-electron chi connectivity index (χ2n) is 4.73. The van der Waals surface area contributed by atoms with Gasteiger partial charge in [0.15, 0.2) is 11.4 Å². The van der Waals surface area contributed by atoms with Gasteiger partial charge in [-0.1, -0.05) is 0 Å². The minimum absolute atomic E-state index is 0.0272. The predicted octanol–water partition coefficient (Wildman–Crippen LogP) is -2.67. The molecule has 0 spiro atoms. The molecule has 134 valence electrons. The molecule has 24 heavy (non-hydrogen) atoms. The third kappa shape index (κ3) is 5.20. The molecule has 0 fully saturated rings. The lowest BCUT2D eigenvalue weighted by atomic mass is 10.2. The van der Waals surface area contributed by atoms with Crippen LogP contribution in [-0.4, -0.2) is 105 Å². The maximum absolute atomic E-state index is 12.5. The van der Waals surface area contributed by atoms with E-state index in [1.807, 2.05) is 0 Å². The number of nitrogens with zero attached hydrogens (tertiary/aromatic N) is 4. The second-order valence-corrected chi connectivity index (χ2v) is 4.73. The van der Waals surface area contributed by atoms with Gasteiger partial charge in [-0.25, -0.2) is 9.97 Å². The Labute approximate surface area is 139 Å². The molecule has 10 nitrogen and oxygen atoms in total. The van der Waals surface area contributed by atoms with E-state index in [1.54, 1.807) is 0 Å². The molecule has 0 bridgehead atoms. The van der Waals surface area contributed by atoms with Gasteiger partial charge in [-0.15, -0.1) is 0 Å². The highest BCUT2D eigenvalue weighted by Gasteiger charge is 2.27. The Morgan fingerprint density at radius 3 is 1.25 bits per heavy atom. The Morgan fingerprint density at radius 2 is 1.00 bits per heavy atom. The number of aliphatic hydroxyl groups excluding tert-OH is 4. The molecule has 0 saturated carbocycles. The summed E-state index contributed by atoms with van der Waals surface area (Å²) in [6.07, 6.45) is 2.50. The van der Waals surface area contributed by atoms with Crippen molar-refractivity contribution < 1.29 is 30.0 Å². The molecule has 0 atom stereocenters. The standard InChI is InChI=1S/C14H22N4O6/c19-7-3-17(4-8-20)13(23)11-12(16-2-1-15-11)14(24)18(5-9-21)6-10-22/h1-2,19-22H,3-10H2. The summed E-state index contributed by atoms with van der Waals surface area (Å²) in [5.74, 6) is -1.30. The molecule has 2 amide bonds. The first-order valence-electron chi connectivity index (χ1n) is 7.43. The van der Waals surface area contributed by atoms with Crippen LogP contribution < -0.4 is 0 Å². The zero-order chi connectivity index (χ0) is 17.9. The minimum atomic E-state index is -0.650. The lowest BCUT2D eigenvalue weighted by Gasteiger charge is -2.23. The van der Waals surface area contributed by atoms with Gasteiger partial charge in [0.1, 0.15) is 0 Å². The summed E-state index contributed by atoms with van der Waals surface area (Å²) in [6, 6.07) is 0. The Kier molecular flexibility index (Phi) is 8.79. The first kappa shape index (κ1) is 19.9. The molecule has 0 aromatic carbocycles. The summed E-state index contributed by atoms with van der Waals surface area (Å²) in [6.45, 7) is -1.35. The molecule has 1 heterocycles. The van der Waals surface area contributed by atoms with Gasteiger partial charge in [0.2, 0.25) is 0 Å². The van der Waals surface area contributed by atoms with Crippen molar-refractivity contribution >= 4 is 11.8 Å². The van der Waals surface area contributed by atoms with Crippen LogP contribution in [0, 0.1) is 0 Å². The monoisotopic (exact) mass is 342 g/mol. The molecule has 4 N–H and O–H groups in total. The predicted molar refractivity (Wildman–Crippen MR) is 82.2 cm³/mol. The van der Waals surface area contributed by atoms with Crippen LogP contribution in [0.4, 0.5) is 0 Å². The van der Waals surface area contributed by atoms with Crippen LogP contribution >= 0.6 is 0 Å². The maximum atomic E-state index is 12.5. The number of rotatable bonds is 10. The number of carbonyl (C=O) groups excluding carboxylic acids is 2. The van der Waals surface area contributed by atoms with Crippen molar-refractivity contribution in [1.82, 2.24) is 19.8 Å². The zero-order valence-electron chi connectivity index (χ0n) is 13.2. The van der Waals surface area contributed by atoms with E-state index in [4.69, 9.17) is 20.4 Å². The topological polar surface area (TPSA) is 147 Å². The quantitative estimate of drug-likeness (QED) is 0.360. The summed E-state index contributed by atoms with van der Waals surface area (Å²) in [4.78, 5) is 35.1. The fourth-order valence-electron chi connectivity index (χ4n) is 2.06. The molecule has 0 aliphatic carbocycles. The third-order valence-electron chi connectivity index (χ3n) is 3.16. The number of aliphatic hydroxyl groups is 4. The van der Waals surface area contributed by atoms with Crippen LogP contribution in [-0.2, 0) is 0 Å². The van der Waals surface area contributed by atoms with E-state index < -0.39 is 11.8 Å². The Morgan fingerprint density at radius 1 is 0.708 bits per heavy atom. The first-order chi connectivity index (χ1) is 11.6. The summed E-state index contributed by atoms with van der Waals surface area (Å²) < 4.78 is 0. The average molecular weight is 342 g/mol. The van der Waals surface area contributed by atoms with E-state index in [-0.39, 0.29) is 64.0 Å². The van der Waals surface area contributed by atoms with Crippen molar-refractivity contribution in [2.24, 2.45) is 0 Å². The number of hydrogen-bond donors (Lipinski definition) is 4. The van der Waals surface area contributed by atoms with Crippen molar-refractivity contribution in [1.29, 1.82) is 0 Å². The van der Waals surface area contributed by atoms with Gasteiger partial charge in [-0.05, 0) is 0 Å². The van der Waals surface area contributed by atoms with Crippen LogP contribution in [0.3, 0.4) is 0 Å².